The summed E-state index contributed by atoms with van der Waals surface area (Å²) in [5.74, 6) is 0.00295. The van der Waals surface area contributed by atoms with Crippen LogP contribution in [0.2, 0.25) is 0 Å². The Labute approximate surface area is 220 Å². The van der Waals surface area contributed by atoms with Gasteiger partial charge in [-0.05, 0) is 73.2 Å². The second-order valence-electron chi connectivity index (χ2n) is 9.64. The molecule has 196 valence electrons. The molecule has 0 aliphatic carbocycles. The Morgan fingerprint density at radius 3 is 1.14 bits per heavy atom. The van der Waals surface area contributed by atoms with Crippen LogP contribution in [-0.2, 0) is 4.79 Å². The van der Waals surface area contributed by atoms with Crippen molar-refractivity contribution in [3.8, 4) is 0 Å². The van der Waals surface area contributed by atoms with Crippen LogP contribution in [0.3, 0.4) is 0 Å². The molecule has 3 nitrogen and oxygen atoms in total. The number of hydrogen-bond acceptors (Lipinski definition) is 3. The van der Waals surface area contributed by atoms with E-state index >= 15 is 0 Å². The normalized spacial score (nSPS) is 11.4. The molecule has 0 aliphatic rings. The summed E-state index contributed by atoms with van der Waals surface area (Å²) in [6.07, 6.45) is 16.8. The number of allylic oxidation sites excluding steroid dienone is 2. The lowest BCUT2D eigenvalue weighted by Gasteiger charge is -2.24. The molecular formula is C33H48N2O. The fraction of sp³-hybridized carbons (Fsp3) is 0.485. The molecule has 0 bridgehead atoms. The maximum Gasteiger partial charge on any atom is 0.178 e. The third kappa shape index (κ3) is 10.8. The molecule has 2 rings (SSSR count). The molecule has 0 amide bonds. The number of anilines is 2. The molecule has 0 aliphatic heterocycles. The fourth-order valence-electron chi connectivity index (χ4n) is 4.14. The van der Waals surface area contributed by atoms with Crippen LogP contribution in [0.4, 0.5) is 11.4 Å². The van der Waals surface area contributed by atoms with Crippen molar-refractivity contribution in [2.75, 3.05) is 36.0 Å². The zero-order valence-corrected chi connectivity index (χ0v) is 23.2. The Kier molecular flexibility index (Phi) is 14.4. The van der Waals surface area contributed by atoms with Gasteiger partial charge in [0.05, 0.1) is 0 Å². The van der Waals surface area contributed by atoms with E-state index < -0.39 is 0 Å². The van der Waals surface area contributed by atoms with Crippen molar-refractivity contribution in [1.82, 2.24) is 0 Å². The van der Waals surface area contributed by atoms with E-state index in [2.05, 4.69) is 86.0 Å². The van der Waals surface area contributed by atoms with Crippen molar-refractivity contribution in [2.24, 2.45) is 0 Å². The summed E-state index contributed by atoms with van der Waals surface area (Å²) in [6, 6.07) is 17.1. The van der Waals surface area contributed by atoms with Crippen LogP contribution >= 0.6 is 0 Å². The largest absolute Gasteiger partial charge is 0.372 e. The molecule has 0 atom stereocenters. The molecule has 2 aromatic rings. The van der Waals surface area contributed by atoms with E-state index in [1.807, 2.05) is 12.2 Å². The third-order valence-corrected chi connectivity index (χ3v) is 6.52. The topological polar surface area (TPSA) is 23.6 Å². The first-order valence-corrected chi connectivity index (χ1v) is 14.2. The van der Waals surface area contributed by atoms with Crippen LogP contribution in [0, 0.1) is 0 Å². The van der Waals surface area contributed by atoms with Gasteiger partial charge in [0.15, 0.2) is 5.78 Å². The van der Waals surface area contributed by atoms with Crippen molar-refractivity contribution in [2.45, 2.75) is 79.1 Å². The smallest absolute Gasteiger partial charge is 0.178 e. The monoisotopic (exact) mass is 488 g/mol. The van der Waals surface area contributed by atoms with E-state index in [1.54, 1.807) is 12.2 Å². The van der Waals surface area contributed by atoms with Crippen molar-refractivity contribution >= 4 is 29.3 Å². The number of nitrogens with zero attached hydrogens (tertiary/aromatic N) is 2. The van der Waals surface area contributed by atoms with Gasteiger partial charge in [-0.2, -0.15) is 0 Å². The standard InChI is InChI=1S/C33H48N2O/c1-5-9-25-34(26-10-6-2)31-19-13-29(14-20-31)17-23-33(36)24-18-30-15-21-32(22-16-30)35(27-11-7-3)28-12-8-4/h13-24H,5-12,25-28H2,1-4H3. The highest BCUT2D eigenvalue weighted by molar-refractivity contribution is 6.04. The molecule has 2 aromatic carbocycles. The summed E-state index contributed by atoms with van der Waals surface area (Å²) in [6.45, 7) is 13.4. The SMILES string of the molecule is CCCCN(CCCC)c1ccc(C=CC(=O)C=Cc2ccc(N(CCCC)CCCC)cc2)cc1. The molecule has 0 heterocycles. The molecule has 0 unspecified atom stereocenters. The van der Waals surface area contributed by atoms with E-state index in [1.165, 1.54) is 62.7 Å². The highest BCUT2D eigenvalue weighted by Gasteiger charge is 2.06. The second kappa shape index (κ2) is 17.6. The van der Waals surface area contributed by atoms with E-state index in [4.69, 9.17) is 0 Å². The van der Waals surface area contributed by atoms with Gasteiger partial charge in [0.1, 0.15) is 0 Å². The summed E-state index contributed by atoms with van der Waals surface area (Å²) in [4.78, 5) is 17.4. The van der Waals surface area contributed by atoms with Gasteiger partial charge < -0.3 is 9.80 Å². The minimum Gasteiger partial charge on any atom is -0.372 e. The summed E-state index contributed by atoms with van der Waals surface area (Å²) in [5, 5.41) is 0. The van der Waals surface area contributed by atoms with E-state index in [0.29, 0.717) is 0 Å². The molecular weight excluding hydrogens is 440 g/mol. The van der Waals surface area contributed by atoms with Gasteiger partial charge >= 0.3 is 0 Å². The van der Waals surface area contributed by atoms with Gasteiger partial charge in [-0.3, -0.25) is 4.79 Å². The number of ketones is 1. The van der Waals surface area contributed by atoms with E-state index in [0.717, 1.165) is 37.3 Å². The van der Waals surface area contributed by atoms with Crippen molar-refractivity contribution in [3.05, 3.63) is 71.8 Å². The lowest BCUT2D eigenvalue weighted by Crippen LogP contribution is -2.25. The van der Waals surface area contributed by atoms with Gasteiger partial charge in [-0.25, -0.2) is 0 Å². The van der Waals surface area contributed by atoms with E-state index in [-0.39, 0.29) is 5.78 Å². The highest BCUT2D eigenvalue weighted by Crippen LogP contribution is 2.19. The van der Waals surface area contributed by atoms with Crippen LogP contribution < -0.4 is 9.80 Å². The van der Waals surface area contributed by atoms with Crippen LogP contribution in [-0.4, -0.2) is 32.0 Å². The second-order valence-corrected chi connectivity index (χ2v) is 9.64. The molecule has 36 heavy (non-hydrogen) atoms. The molecule has 3 heteroatoms. The molecule has 0 fully saturated rings. The van der Waals surface area contributed by atoms with Gasteiger partial charge in [-0.15, -0.1) is 0 Å². The molecule has 0 spiro atoms. The van der Waals surface area contributed by atoms with Crippen LogP contribution in [0.15, 0.2) is 60.7 Å². The number of carbonyl (C=O) groups excluding carboxylic acids is 1. The van der Waals surface area contributed by atoms with Gasteiger partial charge in [0.2, 0.25) is 0 Å². The summed E-state index contributed by atoms with van der Waals surface area (Å²) in [7, 11) is 0. The minimum absolute atomic E-state index is 0.00295. The first-order valence-electron chi connectivity index (χ1n) is 14.2. The Morgan fingerprint density at radius 1 is 0.556 bits per heavy atom. The third-order valence-electron chi connectivity index (χ3n) is 6.52. The predicted octanol–water partition coefficient (Wildman–Crippen LogP) is 8.80. The fourth-order valence-corrected chi connectivity index (χ4v) is 4.14. The van der Waals surface area contributed by atoms with Gasteiger partial charge in [0, 0.05) is 37.6 Å². The summed E-state index contributed by atoms with van der Waals surface area (Å²) in [5.41, 5.74) is 4.64. The van der Waals surface area contributed by atoms with Crippen LogP contribution in [0.5, 0.6) is 0 Å². The zero-order valence-electron chi connectivity index (χ0n) is 23.2. The molecule has 0 N–H and O–H groups in total. The number of carbonyl (C=O) groups is 1. The Bertz CT molecular complexity index is 820. The molecule has 0 radical (unpaired) electrons. The van der Waals surface area contributed by atoms with Gasteiger partial charge in [-0.1, -0.05) is 89.8 Å². The minimum atomic E-state index is 0.00295. The van der Waals surface area contributed by atoms with Crippen molar-refractivity contribution in [1.29, 1.82) is 0 Å². The Hall–Kier alpha value is -2.81. The Balaban J connectivity index is 1.94. The predicted molar refractivity (Wildman–Crippen MR) is 160 cm³/mol. The first kappa shape index (κ1) is 29.4. The van der Waals surface area contributed by atoms with Crippen molar-refractivity contribution in [3.63, 3.8) is 0 Å². The summed E-state index contributed by atoms with van der Waals surface area (Å²) >= 11 is 0. The highest BCUT2D eigenvalue weighted by atomic mass is 16.1. The number of unbranched alkanes of at least 4 members (excludes halogenated alkanes) is 4. The number of benzene rings is 2. The average molecular weight is 489 g/mol. The molecule has 0 saturated carbocycles. The maximum atomic E-state index is 12.4. The maximum absolute atomic E-state index is 12.4. The summed E-state index contributed by atoms with van der Waals surface area (Å²) < 4.78 is 0. The molecule has 0 aromatic heterocycles. The Morgan fingerprint density at radius 2 is 0.861 bits per heavy atom. The average Bonchev–Trinajstić information content (AvgIpc) is 2.92. The first-order chi connectivity index (χ1) is 17.6. The molecule has 0 saturated heterocycles. The van der Waals surface area contributed by atoms with E-state index in [9.17, 15) is 4.79 Å². The number of hydrogen-bond donors (Lipinski definition) is 0. The van der Waals surface area contributed by atoms with Gasteiger partial charge in [0.25, 0.3) is 0 Å². The zero-order chi connectivity index (χ0) is 26.0. The van der Waals surface area contributed by atoms with Crippen LogP contribution in [0.1, 0.15) is 90.2 Å². The lowest BCUT2D eigenvalue weighted by atomic mass is 10.1. The lowest BCUT2D eigenvalue weighted by molar-refractivity contribution is -0.110. The number of rotatable bonds is 18. The quantitative estimate of drug-likeness (QED) is 0.196. The van der Waals surface area contributed by atoms with Crippen molar-refractivity contribution < 1.29 is 4.79 Å². The van der Waals surface area contributed by atoms with Crippen LogP contribution in [0.25, 0.3) is 12.2 Å².